The van der Waals surface area contributed by atoms with Crippen molar-refractivity contribution in [2.24, 2.45) is 0 Å². The Kier molecular flexibility index (Phi) is 8.06. The predicted molar refractivity (Wildman–Crippen MR) is 78.5 cm³/mol. The summed E-state index contributed by atoms with van der Waals surface area (Å²) in [5.74, 6) is 0.519. The lowest BCUT2D eigenvalue weighted by atomic mass is 9.94. The first-order chi connectivity index (χ1) is 8.77. The van der Waals surface area contributed by atoms with E-state index in [-0.39, 0.29) is 0 Å². The average Bonchev–Trinajstić information content (AvgIpc) is 2.37. The van der Waals surface area contributed by atoms with Gasteiger partial charge in [0.25, 0.3) is 0 Å². The zero-order valence-electron chi connectivity index (χ0n) is 11.4. The molecule has 1 N–H and O–H groups in total. The molecule has 1 aromatic carbocycles. The van der Waals surface area contributed by atoms with E-state index in [9.17, 15) is 0 Å². The van der Waals surface area contributed by atoms with E-state index >= 15 is 0 Å². The molecule has 0 aliphatic rings. The van der Waals surface area contributed by atoms with Gasteiger partial charge in [0.1, 0.15) is 0 Å². The molecule has 0 amide bonds. The summed E-state index contributed by atoms with van der Waals surface area (Å²) in [6.07, 6.45) is 3.38. The third kappa shape index (κ3) is 5.85. The zero-order valence-corrected chi connectivity index (χ0v) is 12.2. The van der Waals surface area contributed by atoms with Crippen LogP contribution in [0.1, 0.15) is 37.7 Å². The SMILES string of the molecule is CCCNCC(CCCOC)c1cccc(Cl)c1. The summed E-state index contributed by atoms with van der Waals surface area (Å²) in [4.78, 5) is 0. The molecule has 1 aromatic rings. The van der Waals surface area contributed by atoms with Gasteiger partial charge in [-0.15, -0.1) is 0 Å². The summed E-state index contributed by atoms with van der Waals surface area (Å²) >= 11 is 6.07. The van der Waals surface area contributed by atoms with Crippen molar-refractivity contribution in [1.29, 1.82) is 0 Å². The van der Waals surface area contributed by atoms with E-state index in [1.54, 1.807) is 7.11 Å². The van der Waals surface area contributed by atoms with Gasteiger partial charge < -0.3 is 10.1 Å². The number of ether oxygens (including phenoxy) is 1. The molecule has 2 nitrogen and oxygen atoms in total. The minimum absolute atomic E-state index is 0.519. The van der Waals surface area contributed by atoms with Gasteiger partial charge in [0.2, 0.25) is 0 Å². The maximum Gasteiger partial charge on any atom is 0.0462 e. The number of hydrogen-bond donors (Lipinski definition) is 1. The normalized spacial score (nSPS) is 12.6. The Bertz CT molecular complexity index is 320. The second kappa shape index (κ2) is 9.37. The molecular formula is C15H24ClNO. The molecule has 3 heteroatoms. The van der Waals surface area contributed by atoms with Crippen molar-refractivity contribution in [3.8, 4) is 0 Å². The molecule has 0 saturated carbocycles. The minimum atomic E-state index is 0.519. The van der Waals surface area contributed by atoms with Gasteiger partial charge >= 0.3 is 0 Å². The van der Waals surface area contributed by atoms with E-state index in [0.29, 0.717) is 5.92 Å². The van der Waals surface area contributed by atoms with Crippen molar-refractivity contribution >= 4 is 11.6 Å². The van der Waals surface area contributed by atoms with Gasteiger partial charge in [-0.2, -0.15) is 0 Å². The first-order valence-electron chi connectivity index (χ1n) is 6.73. The van der Waals surface area contributed by atoms with Gasteiger partial charge in [0.15, 0.2) is 0 Å². The lowest BCUT2D eigenvalue weighted by Crippen LogP contribution is -2.22. The first-order valence-corrected chi connectivity index (χ1v) is 7.10. The quantitative estimate of drug-likeness (QED) is 0.688. The van der Waals surface area contributed by atoms with Gasteiger partial charge in [0.05, 0.1) is 0 Å². The highest BCUT2D eigenvalue weighted by molar-refractivity contribution is 6.30. The smallest absolute Gasteiger partial charge is 0.0462 e. The molecule has 102 valence electrons. The van der Waals surface area contributed by atoms with E-state index in [1.165, 1.54) is 12.0 Å². The van der Waals surface area contributed by atoms with Crippen LogP contribution in [0.3, 0.4) is 0 Å². The third-order valence-electron chi connectivity index (χ3n) is 3.04. The predicted octanol–water partition coefficient (Wildman–Crippen LogP) is 3.85. The number of nitrogens with one attached hydrogen (secondary N) is 1. The second-order valence-electron chi connectivity index (χ2n) is 4.59. The molecule has 0 radical (unpaired) electrons. The molecule has 0 bridgehead atoms. The average molecular weight is 270 g/mol. The fourth-order valence-corrected chi connectivity index (χ4v) is 2.27. The molecule has 0 aliphatic carbocycles. The highest BCUT2D eigenvalue weighted by Crippen LogP contribution is 2.23. The number of hydrogen-bond acceptors (Lipinski definition) is 2. The van der Waals surface area contributed by atoms with Gasteiger partial charge in [-0.25, -0.2) is 0 Å². The summed E-state index contributed by atoms with van der Waals surface area (Å²) < 4.78 is 5.13. The Morgan fingerprint density at radius 3 is 2.89 bits per heavy atom. The molecule has 1 unspecified atom stereocenters. The van der Waals surface area contributed by atoms with Crippen molar-refractivity contribution in [1.82, 2.24) is 5.32 Å². The molecule has 1 rings (SSSR count). The van der Waals surface area contributed by atoms with Crippen molar-refractivity contribution in [2.75, 3.05) is 26.8 Å². The number of halogens is 1. The highest BCUT2D eigenvalue weighted by Gasteiger charge is 2.11. The monoisotopic (exact) mass is 269 g/mol. The highest BCUT2D eigenvalue weighted by atomic mass is 35.5. The largest absolute Gasteiger partial charge is 0.385 e. The van der Waals surface area contributed by atoms with Crippen LogP contribution in [0.25, 0.3) is 0 Å². The Labute approximate surface area is 116 Å². The second-order valence-corrected chi connectivity index (χ2v) is 5.03. The number of benzene rings is 1. The van der Waals surface area contributed by atoms with Crippen molar-refractivity contribution in [2.45, 2.75) is 32.1 Å². The van der Waals surface area contributed by atoms with Crippen molar-refractivity contribution in [3.05, 3.63) is 34.9 Å². The third-order valence-corrected chi connectivity index (χ3v) is 3.27. The van der Waals surface area contributed by atoms with Crippen LogP contribution in [0.15, 0.2) is 24.3 Å². The standard InChI is InChI=1S/C15H24ClNO/c1-3-9-17-12-14(7-5-10-18-2)13-6-4-8-15(16)11-13/h4,6,8,11,14,17H,3,5,7,9-10,12H2,1-2H3. The molecule has 0 fully saturated rings. The fourth-order valence-electron chi connectivity index (χ4n) is 2.07. The van der Waals surface area contributed by atoms with E-state index in [4.69, 9.17) is 16.3 Å². The molecule has 0 saturated heterocycles. The van der Waals surface area contributed by atoms with Crippen molar-refractivity contribution < 1.29 is 4.74 Å². The van der Waals surface area contributed by atoms with Crippen LogP contribution in [-0.2, 0) is 4.74 Å². The zero-order chi connectivity index (χ0) is 13.2. The molecule has 0 spiro atoms. The summed E-state index contributed by atoms with van der Waals surface area (Å²) in [6, 6.07) is 8.20. The Morgan fingerprint density at radius 2 is 2.22 bits per heavy atom. The lowest BCUT2D eigenvalue weighted by Gasteiger charge is -2.18. The van der Waals surface area contributed by atoms with Crippen LogP contribution >= 0.6 is 11.6 Å². The maximum atomic E-state index is 6.07. The van der Waals surface area contributed by atoms with Crippen molar-refractivity contribution in [3.63, 3.8) is 0 Å². The first kappa shape index (κ1) is 15.5. The maximum absolute atomic E-state index is 6.07. The van der Waals surface area contributed by atoms with E-state index in [1.807, 2.05) is 12.1 Å². The molecular weight excluding hydrogens is 246 g/mol. The fraction of sp³-hybridized carbons (Fsp3) is 0.600. The van der Waals surface area contributed by atoms with Gasteiger partial charge in [-0.1, -0.05) is 30.7 Å². The van der Waals surface area contributed by atoms with Gasteiger partial charge in [-0.05, 0) is 49.4 Å². The molecule has 0 aliphatic heterocycles. The van der Waals surface area contributed by atoms with Crippen LogP contribution in [0.4, 0.5) is 0 Å². The van der Waals surface area contributed by atoms with Crippen LogP contribution in [0, 0.1) is 0 Å². The molecule has 0 heterocycles. The molecule has 1 atom stereocenters. The summed E-state index contributed by atoms with van der Waals surface area (Å²) in [5.41, 5.74) is 1.32. The Morgan fingerprint density at radius 1 is 1.39 bits per heavy atom. The van der Waals surface area contributed by atoms with Gasteiger partial charge in [0, 0.05) is 25.3 Å². The van der Waals surface area contributed by atoms with Gasteiger partial charge in [-0.3, -0.25) is 0 Å². The van der Waals surface area contributed by atoms with Crippen LogP contribution in [0.2, 0.25) is 5.02 Å². The Hall–Kier alpha value is -0.570. The number of rotatable bonds is 9. The van der Waals surface area contributed by atoms with Crippen LogP contribution in [0.5, 0.6) is 0 Å². The van der Waals surface area contributed by atoms with E-state index in [0.717, 1.165) is 37.6 Å². The topological polar surface area (TPSA) is 21.3 Å². The number of methoxy groups -OCH3 is 1. The molecule has 18 heavy (non-hydrogen) atoms. The molecule has 0 aromatic heterocycles. The minimum Gasteiger partial charge on any atom is -0.385 e. The van der Waals surface area contributed by atoms with E-state index in [2.05, 4.69) is 24.4 Å². The summed E-state index contributed by atoms with van der Waals surface area (Å²) in [6.45, 7) is 5.09. The summed E-state index contributed by atoms with van der Waals surface area (Å²) in [5, 5.41) is 4.32. The Balaban J connectivity index is 2.57. The lowest BCUT2D eigenvalue weighted by molar-refractivity contribution is 0.190. The van der Waals surface area contributed by atoms with Crippen LogP contribution < -0.4 is 5.32 Å². The summed E-state index contributed by atoms with van der Waals surface area (Å²) in [7, 11) is 1.75. The van der Waals surface area contributed by atoms with Crippen LogP contribution in [-0.4, -0.2) is 26.8 Å². The van der Waals surface area contributed by atoms with E-state index < -0.39 is 0 Å².